The average molecular weight is 232 g/mol. The minimum Gasteiger partial charge on any atom is -0.376 e. The summed E-state index contributed by atoms with van der Waals surface area (Å²) >= 11 is 0. The van der Waals surface area contributed by atoms with E-state index in [1.165, 1.54) is 36.8 Å². The molecule has 1 N–H and O–H groups in total. The Bertz CT molecular complexity index is 413. The van der Waals surface area contributed by atoms with Crippen LogP contribution in [0.5, 0.6) is 0 Å². The zero-order valence-corrected chi connectivity index (χ0v) is 10.6. The molecule has 0 saturated carbocycles. The maximum atomic E-state index is 11.5. The first-order chi connectivity index (χ1) is 8.16. The highest BCUT2D eigenvalue weighted by Gasteiger charge is 2.10. The number of hydrogen-bond acceptors (Lipinski definition) is 2. The minimum absolute atomic E-state index is 0.0997. The van der Waals surface area contributed by atoms with Gasteiger partial charge in [0.2, 0.25) is 5.91 Å². The second-order valence-electron chi connectivity index (χ2n) is 4.83. The predicted octanol–water partition coefficient (Wildman–Crippen LogP) is 2.07. The molecule has 0 radical (unpaired) electrons. The third kappa shape index (κ3) is 2.99. The van der Waals surface area contributed by atoms with Crippen molar-refractivity contribution in [2.24, 2.45) is 0 Å². The molecule has 0 atom stereocenters. The van der Waals surface area contributed by atoms with Crippen LogP contribution in [0.1, 0.15) is 24.0 Å². The summed E-state index contributed by atoms with van der Waals surface area (Å²) in [5.74, 6) is 0.0997. The Morgan fingerprint density at radius 3 is 2.65 bits per heavy atom. The zero-order valence-electron chi connectivity index (χ0n) is 10.6. The molecule has 17 heavy (non-hydrogen) atoms. The van der Waals surface area contributed by atoms with Crippen LogP contribution in [-0.4, -0.2) is 31.4 Å². The van der Waals surface area contributed by atoms with Crippen molar-refractivity contribution in [1.29, 1.82) is 0 Å². The van der Waals surface area contributed by atoms with Crippen molar-refractivity contribution >= 4 is 11.6 Å². The third-order valence-corrected chi connectivity index (χ3v) is 3.29. The quantitative estimate of drug-likeness (QED) is 0.865. The third-order valence-electron chi connectivity index (χ3n) is 3.29. The van der Waals surface area contributed by atoms with Gasteiger partial charge in [0.15, 0.2) is 0 Å². The molecule has 0 fully saturated rings. The van der Waals surface area contributed by atoms with Gasteiger partial charge in [-0.15, -0.1) is 0 Å². The van der Waals surface area contributed by atoms with E-state index in [4.69, 9.17) is 0 Å². The van der Waals surface area contributed by atoms with Crippen LogP contribution in [0.4, 0.5) is 5.69 Å². The molecule has 0 unspecified atom stereocenters. The first kappa shape index (κ1) is 12.0. The van der Waals surface area contributed by atoms with Gasteiger partial charge in [-0.05, 0) is 48.9 Å². The van der Waals surface area contributed by atoms with Crippen LogP contribution in [0.2, 0.25) is 0 Å². The van der Waals surface area contributed by atoms with E-state index in [1.54, 1.807) is 19.0 Å². The summed E-state index contributed by atoms with van der Waals surface area (Å²) in [4.78, 5) is 13.1. The molecule has 0 spiro atoms. The van der Waals surface area contributed by atoms with Gasteiger partial charge in [-0.1, -0.05) is 6.07 Å². The molecule has 0 bridgehead atoms. The largest absolute Gasteiger partial charge is 0.376 e. The van der Waals surface area contributed by atoms with Gasteiger partial charge in [0.05, 0.1) is 6.54 Å². The molecule has 3 heteroatoms. The number of aryl methyl sites for hydroxylation is 2. The summed E-state index contributed by atoms with van der Waals surface area (Å²) < 4.78 is 0. The van der Waals surface area contributed by atoms with Gasteiger partial charge in [-0.3, -0.25) is 4.79 Å². The molecule has 1 amide bonds. The minimum atomic E-state index is 0.0997. The van der Waals surface area contributed by atoms with Crippen LogP contribution >= 0.6 is 0 Å². The van der Waals surface area contributed by atoms with Crippen LogP contribution in [-0.2, 0) is 17.6 Å². The van der Waals surface area contributed by atoms with Crippen molar-refractivity contribution < 1.29 is 4.79 Å². The summed E-state index contributed by atoms with van der Waals surface area (Å²) in [7, 11) is 3.55. The SMILES string of the molecule is CN(C)C(=O)CNc1ccc2c(c1)CCCC2. The maximum Gasteiger partial charge on any atom is 0.241 e. The van der Waals surface area contributed by atoms with Crippen LogP contribution < -0.4 is 5.32 Å². The van der Waals surface area contributed by atoms with E-state index in [2.05, 4.69) is 23.5 Å². The second-order valence-corrected chi connectivity index (χ2v) is 4.83. The van der Waals surface area contributed by atoms with Crippen LogP contribution in [0.25, 0.3) is 0 Å². The number of nitrogens with one attached hydrogen (secondary N) is 1. The molecular formula is C14H20N2O. The Balaban J connectivity index is 2.00. The summed E-state index contributed by atoms with van der Waals surface area (Å²) in [5, 5.41) is 3.18. The predicted molar refractivity (Wildman–Crippen MR) is 70.3 cm³/mol. The highest BCUT2D eigenvalue weighted by molar-refractivity contribution is 5.80. The van der Waals surface area contributed by atoms with Crippen molar-refractivity contribution in [3.05, 3.63) is 29.3 Å². The van der Waals surface area contributed by atoms with Crippen molar-refractivity contribution in [2.45, 2.75) is 25.7 Å². The summed E-state index contributed by atoms with van der Waals surface area (Å²) in [6, 6.07) is 6.46. The van der Waals surface area contributed by atoms with E-state index >= 15 is 0 Å². The summed E-state index contributed by atoms with van der Waals surface area (Å²) in [5.41, 5.74) is 3.97. The molecule has 1 aromatic carbocycles. The van der Waals surface area contributed by atoms with Crippen LogP contribution in [0, 0.1) is 0 Å². The van der Waals surface area contributed by atoms with Gasteiger partial charge >= 0.3 is 0 Å². The fourth-order valence-corrected chi connectivity index (χ4v) is 2.18. The molecule has 0 aromatic heterocycles. The monoisotopic (exact) mass is 232 g/mol. The molecular weight excluding hydrogens is 212 g/mol. The van der Waals surface area contributed by atoms with Gasteiger partial charge in [0, 0.05) is 19.8 Å². The standard InChI is InChI=1S/C14H20N2O/c1-16(2)14(17)10-15-13-8-7-11-5-3-4-6-12(11)9-13/h7-9,15H,3-6,10H2,1-2H3. The molecule has 0 heterocycles. The first-order valence-electron chi connectivity index (χ1n) is 6.22. The van der Waals surface area contributed by atoms with E-state index in [1.807, 2.05) is 0 Å². The number of nitrogens with zero attached hydrogens (tertiary/aromatic N) is 1. The van der Waals surface area contributed by atoms with Gasteiger partial charge in [-0.25, -0.2) is 0 Å². The molecule has 2 rings (SSSR count). The van der Waals surface area contributed by atoms with Crippen molar-refractivity contribution in [2.75, 3.05) is 26.0 Å². The van der Waals surface area contributed by atoms with E-state index in [0.717, 1.165) is 5.69 Å². The fourth-order valence-electron chi connectivity index (χ4n) is 2.18. The van der Waals surface area contributed by atoms with Gasteiger partial charge in [0.25, 0.3) is 0 Å². The van der Waals surface area contributed by atoms with Gasteiger partial charge in [-0.2, -0.15) is 0 Å². The number of anilines is 1. The van der Waals surface area contributed by atoms with Crippen molar-refractivity contribution in [3.8, 4) is 0 Å². The first-order valence-corrected chi connectivity index (χ1v) is 6.22. The lowest BCUT2D eigenvalue weighted by Gasteiger charge is -2.17. The molecule has 0 aliphatic heterocycles. The highest BCUT2D eigenvalue weighted by atomic mass is 16.2. The Morgan fingerprint density at radius 2 is 1.94 bits per heavy atom. The number of amides is 1. The number of hydrogen-bond donors (Lipinski definition) is 1. The Hall–Kier alpha value is -1.51. The molecule has 1 aliphatic rings. The molecule has 3 nitrogen and oxygen atoms in total. The number of benzene rings is 1. The smallest absolute Gasteiger partial charge is 0.241 e. The second kappa shape index (κ2) is 5.21. The lowest BCUT2D eigenvalue weighted by atomic mass is 9.91. The lowest BCUT2D eigenvalue weighted by Crippen LogP contribution is -2.28. The highest BCUT2D eigenvalue weighted by Crippen LogP contribution is 2.24. The Kier molecular flexibility index (Phi) is 3.67. The molecule has 1 aromatic rings. The lowest BCUT2D eigenvalue weighted by molar-refractivity contribution is -0.126. The van der Waals surface area contributed by atoms with Crippen LogP contribution in [0.3, 0.4) is 0 Å². The van der Waals surface area contributed by atoms with Gasteiger partial charge in [0.1, 0.15) is 0 Å². The number of rotatable bonds is 3. The normalized spacial score (nSPS) is 14.0. The number of carbonyl (C=O) groups excluding carboxylic acids is 1. The molecule has 1 aliphatic carbocycles. The van der Waals surface area contributed by atoms with Crippen molar-refractivity contribution in [3.63, 3.8) is 0 Å². The topological polar surface area (TPSA) is 32.3 Å². The summed E-state index contributed by atoms with van der Waals surface area (Å²) in [6.45, 7) is 0.367. The number of fused-ring (bicyclic) bond motifs is 1. The molecule has 92 valence electrons. The van der Waals surface area contributed by atoms with E-state index in [0.29, 0.717) is 6.54 Å². The maximum absolute atomic E-state index is 11.5. The Morgan fingerprint density at radius 1 is 1.24 bits per heavy atom. The van der Waals surface area contributed by atoms with E-state index in [-0.39, 0.29) is 5.91 Å². The number of likely N-dealkylation sites (N-methyl/N-ethyl adjacent to an activating group) is 1. The zero-order chi connectivity index (χ0) is 12.3. The van der Waals surface area contributed by atoms with E-state index < -0.39 is 0 Å². The van der Waals surface area contributed by atoms with Crippen molar-refractivity contribution in [1.82, 2.24) is 4.90 Å². The van der Waals surface area contributed by atoms with Gasteiger partial charge < -0.3 is 10.2 Å². The molecule has 0 saturated heterocycles. The Labute approximate surface area is 103 Å². The fraction of sp³-hybridized carbons (Fsp3) is 0.500. The average Bonchev–Trinajstić information content (AvgIpc) is 2.35. The van der Waals surface area contributed by atoms with Crippen LogP contribution in [0.15, 0.2) is 18.2 Å². The number of carbonyl (C=O) groups is 1. The van der Waals surface area contributed by atoms with E-state index in [9.17, 15) is 4.79 Å². The summed E-state index contributed by atoms with van der Waals surface area (Å²) in [6.07, 6.45) is 4.96.